The first kappa shape index (κ1) is 11.4. The minimum Gasteiger partial charge on any atom is -0.329 e. The van der Waals surface area contributed by atoms with Crippen LogP contribution < -0.4 is 11.1 Å². The minimum atomic E-state index is 0.262. The first-order chi connectivity index (χ1) is 6.69. The summed E-state index contributed by atoms with van der Waals surface area (Å²) in [7, 11) is 0. The molecular formula is C11H18N2S. The maximum absolute atomic E-state index is 5.73. The second kappa shape index (κ2) is 5.29. The van der Waals surface area contributed by atoms with Gasteiger partial charge in [0.1, 0.15) is 0 Å². The van der Waals surface area contributed by atoms with Crippen LogP contribution in [-0.2, 0) is 0 Å². The molecule has 0 amide bonds. The number of rotatable bonds is 5. The summed E-state index contributed by atoms with van der Waals surface area (Å²) < 4.78 is 0. The van der Waals surface area contributed by atoms with Crippen LogP contribution in [0.3, 0.4) is 0 Å². The van der Waals surface area contributed by atoms with Crippen LogP contribution in [0.2, 0.25) is 0 Å². The van der Waals surface area contributed by atoms with Gasteiger partial charge < -0.3 is 11.1 Å². The first-order valence-electron chi connectivity index (χ1n) is 4.80. The van der Waals surface area contributed by atoms with E-state index in [0.29, 0.717) is 6.54 Å². The molecule has 1 atom stereocenters. The fraction of sp³-hybridized carbons (Fsp3) is 0.455. The van der Waals surface area contributed by atoms with E-state index < -0.39 is 0 Å². The molecule has 1 unspecified atom stereocenters. The summed E-state index contributed by atoms with van der Waals surface area (Å²) in [5.74, 6) is 0. The SMILES string of the molecule is C=CCNC(CN)c1cc(C)sc1C. The van der Waals surface area contributed by atoms with Crippen molar-refractivity contribution in [2.75, 3.05) is 13.1 Å². The number of thiophene rings is 1. The number of aryl methyl sites for hydroxylation is 2. The lowest BCUT2D eigenvalue weighted by atomic mass is 10.1. The standard InChI is InChI=1S/C11H18N2S/c1-4-5-13-11(7-12)10-6-8(2)14-9(10)3/h4,6,11,13H,1,5,7,12H2,2-3H3. The maximum Gasteiger partial charge on any atom is 0.0458 e. The lowest BCUT2D eigenvalue weighted by Crippen LogP contribution is -2.28. The molecule has 2 nitrogen and oxygen atoms in total. The highest BCUT2D eigenvalue weighted by molar-refractivity contribution is 7.12. The highest BCUT2D eigenvalue weighted by Gasteiger charge is 2.12. The van der Waals surface area contributed by atoms with Gasteiger partial charge in [-0.1, -0.05) is 6.08 Å². The van der Waals surface area contributed by atoms with E-state index in [2.05, 4.69) is 31.8 Å². The number of nitrogens with one attached hydrogen (secondary N) is 1. The van der Waals surface area contributed by atoms with Crippen molar-refractivity contribution in [2.45, 2.75) is 19.9 Å². The summed E-state index contributed by atoms with van der Waals surface area (Å²) in [5, 5.41) is 3.35. The summed E-state index contributed by atoms with van der Waals surface area (Å²) >= 11 is 1.82. The Hall–Kier alpha value is -0.640. The third-order valence-electron chi connectivity index (χ3n) is 2.20. The molecule has 1 aromatic rings. The third-order valence-corrected chi connectivity index (χ3v) is 3.18. The van der Waals surface area contributed by atoms with E-state index in [-0.39, 0.29) is 6.04 Å². The Morgan fingerprint density at radius 3 is 2.79 bits per heavy atom. The molecule has 0 spiro atoms. The zero-order valence-corrected chi connectivity index (χ0v) is 9.66. The largest absolute Gasteiger partial charge is 0.329 e. The van der Waals surface area contributed by atoms with Gasteiger partial charge in [0.05, 0.1) is 0 Å². The van der Waals surface area contributed by atoms with E-state index in [1.54, 1.807) is 0 Å². The Balaban J connectivity index is 2.77. The van der Waals surface area contributed by atoms with Gasteiger partial charge >= 0.3 is 0 Å². The van der Waals surface area contributed by atoms with Gasteiger partial charge in [-0.15, -0.1) is 17.9 Å². The Morgan fingerprint density at radius 2 is 2.36 bits per heavy atom. The second-order valence-electron chi connectivity index (χ2n) is 3.35. The Labute approximate surface area is 89.8 Å². The minimum absolute atomic E-state index is 0.262. The van der Waals surface area contributed by atoms with Gasteiger partial charge in [0.15, 0.2) is 0 Å². The number of hydrogen-bond acceptors (Lipinski definition) is 3. The summed E-state index contributed by atoms with van der Waals surface area (Å²) in [6.07, 6.45) is 1.86. The molecule has 0 radical (unpaired) electrons. The molecule has 1 heterocycles. The quantitative estimate of drug-likeness (QED) is 0.731. The van der Waals surface area contributed by atoms with Crippen molar-refractivity contribution < 1.29 is 0 Å². The number of hydrogen-bond donors (Lipinski definition) is 2. The van der Waals surface area contributed by atoms with Crippen molar-refractivity contribution in [3.63, 3.8) is 0 Å². The summed E-state index contributed by atoms with van der Waals surface area (Å²) in [5.41, 5.74) is 7.06. The molecule has 78 valence electrons. The molecule has 0 saturated heterocycles. The van der Waals surface area contributed by atoms with Crippen LogP contribution in [0.4, 0.5) is 0 Å². The second-order valence-corrected chi connectivity index (χ2v) is 4.81. The van der Waals surface area contributed by atoms with Gasteiger partial charge in [-0.05, 0) is 25.5 Å². The van der Waals surface area contributed by atoms with E-state index >= 15 is 0 Å². The van der Waals surface area contributed by atoms with Crippen LogP contribution in [0.15, 0.2) is 18.7 Å². The first-order valence-corrected chi connectivity index (χ1v) is 5.62. The molecule has 3 heteroatoms. The fourth-order valence-corrected chi connectivity index (χ4v) is 2.53. The van der Waals surface area contributed by atoms with Crippen LogP contribution in [0, 0.1) is 13.8 Å². The number of nitrogens with two attached hydrogens (primary N) is 1. The van der Waals surface area contributed by atoms with Crippen molar-refractivity contribution in [1.82, 2.24) is 5.32 Å². The molecule has 0 fully saturated rings. The molecule has 0 bridgehead atoms. The van der Waals surface area contributed by atoms with E-state index in [1.807, 2.05) is 17.4 Å². The van der Waals surface area contributed by atoms with Gasteiger partial charge in [-0.2, -0.15) is 0 Å². The lowest BCUT2D eigenvalue weighted by molar-refractivity contribution is 0.577. The molecule has 0 aromatic carbocycles. The van der Waals surface area contributed by atoms with Crippen molar-refractivity contribution in [1.29, 1.82) is 0 Å². The molecule has 14 heavy (non-hydrogen) atoms. The normalized spacial score (nSPS) is 12.8. The monoisotopic (exact) mass is 210 g/mol. The van der Waals surface area contributed by atoms with E-state index in [9.17, 15) is 0 Å². The average Bonchev–Trinajstić information content (AvgIpc) is 2.47. The van der Waals surface area contributed by atoms with Crippen molar-refractivity contribution in [3.8, 4) is 0 Å². The fourth-order valence-electron chi connectivity index (χ4n) is 1.54. The highest BCUT2D eigenvalue weighted by Crippen LogP contribution is 2.25. The zero-order chi connectivity index (χ0) is 10.6. The van der Waals surface area contributed by atoms with Gasteiger partial charge in [0, 0.05) is 28.9 Å². The third kappa shape index (κ3) is 2.67. The highest BCUT2D eigenvalue weighted by atomic mass is 32.1. The predicted octanol–water partition coefficient (Wildman–Crippen LogP) is 2.14. The average molecular weight is 210 g/mol. The van der Waals surface area contributed by atoms with E-state index in [4.69, 9.17) is 5.73 Å². The van der Waals surface area contributed by atoms with Crippen molar-refractivity contribution >= 4 is 11.3 Å². The van der Waals surface area contributed by atoms with Gasteiger partial charge in [-0.25, -0.2) is 0 Å². The topological polar surface area (TPSA) is 38.0 Å². The van der Waals surface area contributed by atoms with Crippen LogP contribution in [0.1, 0.15) is 21.4 Å². The molecule has 0 aliphatic rings. The van der Waals surface area contributed by atoms with Crippen LogP contribution in [-0.4, -0.2) is 13.1 Å². The molecule has 0 aliphatic carbocycles. The summed E-state index contributed by atoms with van der Waals surface area (Å²) in [4.78, 5) is 2.70. The molecule has 1 rings (SSSR count). The van der Waals surface area contributed by atoms with Crippen LogP contribution >= 0.6 is 11.3 Å². The molecule has 3 N–H and O–H groups in total. The Morgan fingerprint density at radius 1 is 1.64 bits per heavy atom. The van der Waals surface area contributed by atoms with Crippen LogP contribution in [0.5, 0.6) is 0 Å². The van der Waals surface area contributed by atoms with Gasteiger partial charge in [-0.3, -0.25) is 0 Å². The van der Waals surface area contributed by atoms with E-state index in [0.717, 1.165) is 6.54 Å². The lowest BCUT2D eigenvalue weighted by Gasteiger charge is -2.15. The molecule has 1 aromatic heterocycles. The maximum atomic E-state index is 5.73. The predicted molar refractivity (Wildman–Crippen MR) is 63.8 cm³/mol. The molecule has 0 aliphatic heterocycles. The summed E-state index contributed by atoms with van der Waals surface area (Å²) in [6.45, 7) is 9.39. The smallest absolute Gasteiger partial charge is 0.0458 e. The van der Waals surface area contributed by atoms with Crippen molar-refractivity contribution in [3.05, 3.63) is 34.0 Å². The molecular weight excluding hydrogens is 192 g/mol. The Bertz CT molecular complexity index is 304. The van der Waals surface area contributed by atoms with Gasteiger partial charge in [0.2, 0.25) is 0 Å². The van der Waals surface area contributed by atoms with E-state index in [1.165, 1.54) is 15.3 Å². The van der Waals surface area contributed by atoms with Crippen LogP contribution in [0.25, 0.3) is 0 Å². The Kier molecular flexibility index (Phi) is 4.32. The summed E-state index contributed by atoms with van der Waals surface area (Å²) in [6, 6.07) is 2.48. The van der Waals surface area contributed by atoms with Crippen molar-refractivity contribution in [2.24, 2.45) is 5.73 Å². The zero-order valence-electron chi connectivity index (χ0n) is 8.84. The molecule has 0 saturated carbocycles. The van der Waals surface area contributed by atoms with Gasteiger partial charge in [0.25, 0.3) is 0 Å².